The minimum absolute atomic E-state index is 0.00235. The maximum Gasteiger partial charge on any atom is 0.416 e. The molecule has 1 fully saturated rings. The highest BCUT2D eigenvalue weighted by atomic mass is 19.4. The number of benzene rings is 2. The number of alkyl halides is 6. The third kappa shape index (κ3) is 6.66. The standard InChI is InChI=1S/C26H25F6N5O4/c1-39-20-10-15(11-21(40-2)23(20)41-3)19-4-5-22(35-34-19)36-6-8-37(9-7-36)24(38)33-18-13-16(25(27,28)29)12-17(14-18)26(30,31)32/h4-5,10-14H,6-9H2,1-3H3,(H,33,38). The predicted molar refractivity (Wildman–Crippen MR) is 136 cm³/mol. The first kappa shape index (κ1) is 29.6. The Morgan fingerprint density at radius 2 is 1.34 bits per heavy atom. The molecule has 41 heavy (non-hydrogen) atoms. The molecule has 0 bridgehead atoms. The van der Waals surface area contributed by atoms with E-state index in [1.807, 2.05) is 4.90 Å². The number of nitrogens with one attached hydrogen (secondary N) is 1. The number of urea groups is 1. The minimum atomic E-state index is -5.02. The van der Waals surface area contributed by atoms with Gasteiger partial charge in [0.05, 0.1) is 38.2 Å². The normalized spacial score (nSPS) is 14.1. The molecule has 1 saturated heterocycles. The first-order valence-corrected chi connectivity index (χ1v) is 12.1. The van der Waals surface area contributed by atoms with Gasteiger partial charge in [0, 0.05) is 37.4 Å². The average molecular weight is 586 g/mol. The summed E-state index contributed by atoms with van der Waals surface area (Å²) in [6.45, 7) is 0.907. The van der Waals surface area contributed by atoms with Crippen molar-refractivity contribution in [2.45, 2.75) is 12.4 Å². The monoisotopic (exact) mass is 585 g/mol. The predicted octanol–water partition coefficient (Wildman–Crippen LogP) is 5.56. The van der Waals surface area contributed by atoms with Crippen molar-refractivity contribution >= 4 is 17.5 Å². The van der Waals surface area contributed by atoms with Crippen LogP contribution in [-0.4, -0.2) is 68.6 Å². The van der Waals surface area contributed by atoms with Crippen LogP contribution in [0.2, 0.25) is 0 Å². The van der Waals surface area contributed by atoms with Crippen molar-refractivity contribution in [3.8, 4) is 28.5 Å². The van der Waals surface area contributed by atoms with E-state index in [0.29, 0.717) is 59.5 Å². The average Bonchev–Trinajstić information content (AvgIpc) is 2.95. The van der Waals surface area contributed by atoms with Crippen LogP contribution in [0.4, 0.5) is 42.6 Å². The second-order valence-corrected chi connectivity index (χ2v) is 8.89. The second kappa shape index (κ2) is 11.6. The molecule has 1 aliphatic rings. The van der Waals surface area contributed by atoms with Crippen LogP contribution >= 0.6 is 0 Å². The summed E-state index contributed by atoms with van der Waals surface area (Å²) in [6, 6.07) is 7.05. The zero-order chi connectivity index (χ0) is 29.9. The van der Waals surface area contributed by atoms with Gasteiger partial charge in [-0.15, -0.1) is 10.2 Å². The highest BCUT2D eigenvalue weighted by Gasteiger charge is 2.37. The number of ether oxygens (including phenoxy) is 3. The summed E-state index contributed by atoms with van der Waals surface area (Å²) in [7, 11) is 4.48. The Kier molecular flexibility index (Phi) is 8.35. The molecule has 1 N–H and O–H groups in total. The van der Waals surface area contributed by atoms with Gasteiger partial charge in [-0.2, -0.15) is 26.3 Å². The number of rotatable bonds is 6. The van der Waals surface area contributed by atoms with E-state index in [0.717, 1.165) is 0 Å². The zero-order valence-corrected chi connectivity index (χ0v) is 22.1. The fourth-order valence-electron chi connectivity index (χ4n) is 4.25. The zero-order valence-electron chi connectivity index (χ0n) is 22.1. The molecule has 0 aliphatic carbocycles. The van der Waals surface area contributed by atoms with Crippen molar-refractivity contribution in [3.63, 3.8) is 0 Å². The summed E-state index contributed by atoms with van der Waals surface area (Å²) in [5, 5.41) is 10.7. The first-order valence-electron chi connectivity index (χ1n) is 12.1. The molecule has 2 heterocycles. The minimum Gasteiger partial charge on any atom is -0.493 e. The van der Waals surface area contributed by atoms with E-state index in [9.17, 15) is 31.1 Å². The molecular weight excluding hydrogens is 560 g/mol. The van der Waals surface area contributed by atoms with E-state index in [-0.39, 0.29) is 19.2 Å². The van der Waals surface area contributed by atoms with Crippen molar-refractivity contribution in [2.75, 3.05) is 57.7 Å². The molecule has 4 rings (SSSR count). The van der Waals surface area contributed by atoms with E-state index in [4.69, 9.17) is 14.2 Å². The van der Waals surface area contributed by atoms with E-state index in [1.165, 1.54) is 26.2 Å². The lowest BCUT2D eigenvalue weighted by molar-refractivity contribution is -0.143. The van der Waals surface area contributed by atoms with Crippen LogP contribution < -0.4 is 24.4 Å². The van der Waals surface area contributed by atoms with E-state index >= 15 is 0 Å². The number of methoxy groups -OCH3 is 3. The number of hydrogen-bond acceptors (Lipinski definition) is 7. The maximum atomic E-state index is 13.1. The number of halogens is 6. The summed E-state index contributed by atoms with van der Waals surface area (Å²) < 4.78 is 94.8. The molecule has 15 heteroatoms. The molecular formula is C26H25F6N5O4. The number of carbonyl (C=O) groups is 1. The molecule has 0 spiro atoms. The molecule has 2 aromatic carbocycles. The fraction of sp³-hybridized carbons (Fsp3) is 0.346. The molecule has 1 aromatic heterocycles. The van der Waals surface area contributed by atoms with Crippen LogP contribution in [0.5, 0.6) is 17.2 Å². The van der Waals surface area contributed by atoms with Crippen molar-refractivity contribution in [1.82, 2.24) is 15.1 Å². The first-order chi connectivity index (χ1) is 19.3. The molecule has 9 nitrogen and oxygen atoms in total. The van der Waals surface area contributed by atoms with Crippen LogP contribution in [0.3, 0.4) is 0 Å². The van der Waals surface area contributed by atoms with E-state index in [2.05, 4.69) is 15.5 Å². The van der Waals surface area contributed by atoms with Crippen molar-refractivity contribution in [1.29, 1.82) is 0 Å². The smallest absolute Gasteiger partial charge is 0.416 e. The number of amides is 2. The van der Waals surface area contributed by atoms with Gasteiger partial charge < -0.3 is 29.3 Å². The second-order valence-electron chi connectivity index (χ2n) is 8.89. The number of anilines is 2. The lowest BCUT2D eigenvalue weighted by Gasteiger charge is -2.35. The van der Waals surface area contributed by atoms with Crippen LogP contribution in [0.25, 0.3) is 11.3 Å². The molecule has 0 atom stereocenters. The largest absolute Gasteiger partial charge is 0.493 e. The van der Waals surface area contributed by atoms with Crippen LogP contribution in [0.15, 0.2) is 42.5 Å². The lowest BCUT2D eigenvalue weighted by atomic mass is 10.1. The number of hydrogen-bond donors (Lipinski definition) is 1. The Labute approximate surface area is 230 Å². The summed E-state index contributed by atoms with van der Waals surface area (Å²) >= 11 is 0. The van der Waals surface area contributed by atoms with Gasteiger partial charge in [0.2, 0.25) is 5.75 Å². The van der Waals surface area contributed by atoms with E-state index < -0.39 is 35.2 Å². The Bertz CT molecular complexity index is 1330. The van der Waals surface area contributed by atoms with Crippen molar-refractivity contribution in [2.24, 2.45) is 0 Å². The van der Waals surface area contributed by atoms with Gasteiger partial charge in [0.25, 0.3) is 0 Å². The topological polar surface area (TPSA) is 89.1 Å². The molecule has 2 amide bonds. The maximum absolute atomic E-state index is 13.1. The number of piperazine rings is 1. The van der Waals surface area contributed by atoms with Gasteiger partial charge in [-0.25, -0.2) is 4.79 Å². The summed E-state index contributed by atoms with van der Waals surface area (Å²) in [4.78, 5) is 15.8. The van der Waals surface area contributed by atoms with Gasteiger partial charge in [-0.1, -0.05) is 0 Å². The lowest BCUT2D eigenvalue weighted by Crippen LogP contribution is -2.50. The number of nitrogens with zero attached hydrogens (tertiary/aromatic N) is 4. The molecule has 0 radical (unpaired) electrons. The SMILES string of the molecule is COc1cc(-c2ccc(N3CCN(C(=O)Nc4cc(C(F)(F)F)cc(C(F)(F)F)c4)CC3)nn2)cc(OC)c1OC. The van der Waals surface area contributed by atoms with Gasteiger partial charge in [-0.05, 0) is 42.5 Å². The fourth-order valence-corrected chi connectivity index (χ4v) is 4.25. The van der Waals surface area contributed by atoms with Gasteiger partial charge in [0.15, 0.2) is 17.3 Å². The molecule has 0 saturated carbocycles. The van der Waals surface area contributed by atoms with Gasteiger partial charge >= 0.3 is 18.4 Å². The quantitative estimate of drug-likeness (QED) is 0.379. The van der Waals surface area contributed by atoms with Gasteiger partial charge in [-0.3, -0.25) is 0 Å². The third-order valence-electron chi connectivity index (χ3n) is 6.34. The molecule has 0 unspecified atom stereocenters. The number of aromatic nitrogens is 2. The number of carbonyl (C=O) groups excluding carboxylic acids is 1. The Morgan fingerprint density at radius 3 is 1.78 bits per heavy atom. The summed E-state index contributed by atoms with van der Waals surface area (Å²) in [5.74, 6) is 1.84. The van der Waals surface area contributed by atoms with Crippen molar-refractivity contribution < 1.29 is 45.3 Å². The van der Waals surface area contributed by atoms with E-state index in [1.54, 1.807) is 24.3 Å². The molecule has 220 valence electrons. The van der Waals surface area contributed by atoms with Gasteiger partial charge in [0.1, 0.15) is 0 Å². The van der Waals surface area contributed by atoms with Crippen LogP contribution in [0, 0.1) is 0 Å². The highest BCUT2D eigenvalue weighted by Crippen LogP contribution is 2.41. The third-order valence-corrected chi connectivity index (χ3v) is 6.34. The molecule has 3 aromatic rings. The van der Waals surface area contributed by atoms with Crippen LogP contribution in [-0.2, 0) is 12.4 Å². The Morgan fingerprint density at radius 1 is 0.780 bits per heavy atom. The highest BCUT2D eigenvalue weighted by molar-refractivity contribution is 5.89. The summed E-state index contributed by atoms with van der Waals surface area (Å²) in [6.07, 6.45) is -10.0. The summed E-state index contributed by atoms with van der Waals surface area (Å²) in [5.41, 5.74) is -2.43. The Hall–Kier alpha value is -4.43. The van der Waals surface area contributed by atoms with Crippen LogP contribution in [0.1, 0.15) is 11.1 Å². The van der Waals surface area contributed by atoms with Crippen molar-refractivity contribution in [3.05, 3.63) is 53.6 Å². The molecule has 1 aliphatic heterocycles. The Balaban J connectivity index is 1.42.